The zero-order valence-electron chi connectivity index (χ0n) is 25.0. The quantitative estimate of drug-likeness (QED) is 0.270. The first-order chi connectivity index (χ1) is 20.7. The lowest BCUT2D eigenvalue weighted by Gasteiger charge is -2.30. The molecule has 0 radical (unpaired) electrons. The van der Waals surface area contributed by atoms with E-state index in [2.05, 4.69) is 4.90 Å². The van der Waals surface area contributed by atoms with Crippen LogP contribution in [0.3, 0.4) is 0 Å². The Labute approximate surface area is 253 Å². The maximum Gasteiger partial charge on any atom is 0.271 e. The molecule has 2 aliphatic rings. The average Bonchev–Trinajstić information content (AvgIpc) is 3.65. The van der Waals surface area contributed by atoms with Gasteiger partial charge in [0.05, 0.1) is 34.9 Å². The Bertz CT molecular complexity index is 1780. The molecule has 3 heterocycles. The van der Waals surface area contributed by atoms with Gasteiger partial charge < -0.3 is 19.3 Å². The van der Waals surface area contributed by atoms with Crippen LogP contribution in [0.2, 0.25) is 0 Å². The lowest BCUT2D eigenvalue weighted by atomic mass is 9.93. The Kier molecular flexibility index (Phi) is 8.67. The Morgan fingerprint density at radius 3 is 2.49 bits per heavy atom. The highest BCUT2D eigenvalue weighted by molar-refractivity contribution is 7.07. The van der Waals surface area contributed by atoms with Crippen molar-refractivity contribution in [3.63, 3.8) is 0 Å². The summed E-state index contributed by atoms with van der Waals surface area (Å²) in [7, 11) is 3.09. The zero-order valence-corrected chi connectivity index (χ0v) is 25.8. The van der Waals surface area contributed by atoms with Gasteiger partial charge in [-0.3, -0.25) is 24.3 Å². The third-order valence-corrected chi connectivity index (χ3v) is 8.97. The normalized spacial score (nSPS) is 16.6. The third kappa shape index (κ3) is 5.54. The van der Waals surface area contributed by atoms with Crippen LogP contribution < -0.4 is 29.3 Å². The molecule has 1 atom stereocenters. The molecule has 0 aliphatic carbocycles. The predicted molar refractivity (Wildman–Crippen MR) is 166 cm³/mol. The summed E-state index contributed by atoms with van der Waals surface area (Å²) in [6, 6.07) is 9.22. The van der Waals surface area contributed by atoms with Crippen LogP contribution in [-0.2, 0) is 4.79 Å². The fourth-order valence-corrected chi connectivity index (χ4v) is 6.82. The van der Waals surface area contributed by atoms with E-state index in [-0.39, 0.29) is 17.2 Å². The van der Waals surface area contributed by atoms with E-state index in [4.69, 9.17) is 14.5 Å². The van der Waals surface area contributed by atoms with Crippen molar-refractivity contribution in [1.29, 1.82) is 0 Å². The molecule has 0 N–H and O–H groups in total. The van der Waals surface area contributed by atoms with Gasteiger partial charge in [0.1, 0.15) is 17.5 Å². The van der Waals surface area contributed by atoms with Gasteiger partial charge in [0, 0.05) is 55.1 Å². The van der Waals surface area contributed by atoms with Crippen molar-refractivity contribution in [2.45, 2.75) is 39.7 Å². The molecule has 0 bridgehead atoms. The Morgan fingerprint density at radius 2 is 1.86 bits per heavy atom. The van der Waals surface area contributed by atoms with Crippen molar-refractivity contribution in [3.8, 4) is 11.5 Å². The van der Waals surface area contributed by atoms with E-state index >= 15 is 0 Å². The fourth-order valence-electron chi connectivity index (χ4n) is 5.78. The van der Waals surface area contributed by atoms with Crippen LogP contribution in [0.25, 0.3) is 6.08 Å². The molecule has 0 saturated carbocycles. The van der Waals surface area contributed by atoms with Crippen LogP contribution in [-0.4, -0.2) is 60.7 Å². The number of carbonyl (C=O) groups excluding carboxylic acids is 1. The molecule has 2 aromatic carbocycles. The lowest BCUT2D eigenvalue weighted by Crippen LogP contribution is -2.43. The molecule has 3 aromatic rings. The molecule has 1 amide bonds. The van der Waals surface area contributed by atoms with E-state index < -0.39 is 11.0 Å². The number of non-ortho nitro benzene ring substituents is 1. The molecule has 1 fully saturated rings. The molecular formula is C31H35N5O6S. The molecule has 1 saturated heterocycles. The zero-order chi connectivity index (χ0) is 30.8. The van der Waals surface area contributed by atoms with Gasteiger partial charge >= 0.3 is 0 Å². The van der Waals surface area contributed by atoms with Gasteiger partial charge in [-0.15, -0.1) is 0 Å². The highest BCUT2D eigenvalue weighted by atomic mass is 32.1. The van der Waals surface area contributed by atoms with E-state index in [9.17, 15) is 19.7 Å². The van der Waals surface area contributed by atoms with Crippen LogP contribution in [0, 0.1) is 10.1 Å². The van der Waals surface area contributed by atoms with E-state index in [0.717, 1.165) is 31.6 Å². The largest absolute Gasteiger partial charge is 0.497 e. The van der Waals surface area contributed by atoms with Gasteiger partial charge in [-0.1, -0.05) is 11.3 Å². The summed E-state index contributed by atoms with van der Waals surface area (Å²) in [6.45, 7) is 8.25. The van der Waals surface area contributed by atoms with Crippen molar-refractivity contribution in [1.82, 2.24) is 9.47 Å². The van der Waals surface area contributed by atoms with E-state index in [1.807, 2.05) is 13.8 Å². The summed E-state index contributed by atoms with van der Waals surface area (Å²) in [4.78, 5) is 48.5. The highest BCUT2D eigenvalue weighted by Gasteiger charge is 2.36. The molecule has 0 spiro atoms. The summed E-state index contributed by atoms with van der Waals surface area (Å²) in [6.07, 6.45) is 3.77. The number of allylic oxidation sites excluding steroid dienone is 1. The van der Waals surface area contributed by atoms with Gasteiger partial charge in [-0.25, -0.2) is 4.99 Å². The number of thiazole rings is 1. The molecule has 0 unspecified atom stereocenters. The molecular weight excluding hydrogens is 570 g/mol. The third-order valence-electron chi connectivity index (χ3n) is 7.99. The number of hydrogen-bond donors (Lipinski definition) is 0. The second-order valence-corrected chi connectivity index (χ2v) is 11.4. The minimum atomic E-state index is -0.834. The number of nitrogens with zero attached hydrogens (tertiary/aromatic N) is 5. The number of amides is 1. The van der Waals surface area contributed by atoms with Gasteiger partial charge in [-0.2, -0.15) is 0 Å². The predicted octanol–water partition coefficient (Wildman–Crippen LogP) is 3.63. The van der Waals surface area contributed by atoms with Crippen molar-refractivity contribution in [2.24, 2.45) is 4.99 Å². The number of fused-ring (bicyclic) bond motifs is 1. The van der Waals surface area contributed by atoms with Gasteiger partial charge in [0.15, 0.2) is 4.80 Å². The molecule has 2 aliphatic heterocycles. The summed E-state index contributed by atoms with van der Waals surface area (Å²) < 4.78 is 13.1. The minimum absolute atomic E-state index is 0.0519. The van der Waals surface area contributed by atoms with Crippen molar-refractivity contribution in [3.05, 3.63) is 88.6 Å². The highest BCUT2D eigenvalue weighted by Crippen LogP contribution is 2.38. The van der Waals surface area contributed by atoms with Crippen LogP contribution in [0.5, 0.6) is 11.5 Å². The number of rotatable bonds is 9. The topological polar surface area (TPSA) is 120 Å². The van der Waals surface area contributed by atoms with Crippen LogP contribution in [0.1, 0.15) is 50.8 Å². The summed E-state index contributed by atoms with van der Waals surface area (Å²) in [5, 5.41) is 11.7. The van der Waals surface area contributed by atoms with Gasteiger partial charge in [-0.05, 0) is 64.0 Å². The minimum Gasteiger partial charge on any atom is -0.497 e. The van der Waals surface area contributed by atoms with Gasteiger partial charge in [0.2, 0.25) is 0 Å². The first-order valence-corrected chi connectivity index (χ1v) is 15.1. The van der Waals surface area contributed by atoms with Crippen LogP contribution >= 0.6 is 11.3 Å². The SMILES string of the molecule is CCN(CC)C(=O)C1=C(C)N=c2s/c(=C\c3cc([N+](=O)[O-])ccc3N3CCCC3)c(=O)n2[C@@H]1c1cc(OC)ccc1OC. The molecule has 12 heteroatoms. The maximum absolute atomic E-state index is 14.3. The standard InChI is InChI=1S/C31H35N5O6S/c1-6-33(7-2)30(38)27-19(3)32-31-35(28(27)23-18-22(41-4)11-13-25(23)42-5)29(37)26(43-31)17-20-16-21(36(39)40)10-12-24(20)34-14-8-9-15-34/h10-13,16-18,28H,6-9,14-15H2,1-5H3/b26-17-/t28-/m1/s1. The Balaban J connectivity index is 1.78. The summed E-state index contributed by atoms with van der Waals surface area (Å²) in [5.74, 6) is 0.828. The summed E-state index contributed by atoms with van der Waals surface area (Å²) in [5.41, 5.74) is 2.50. The lowest BCUT2D eigenvalue weighted by molar-refractivity contribution is -0.384. The fraction of sp³-hybridized carbons (Fsp3) is 0.387. The monoisotopic (exact) mass is 605 g/mol. The van der Waals surface area contributed by atoms with Crippen molar-refractivity contribution in [2.75, 3.05) is 45.3 Å². The second-order valence-electron chi connectivity index (χ2n) is 10.4. The van der Waals surface area contributed by atoms with Crippen LogP contribution in [0.4, 0.5) is 11.4 Å². The van der Waals surface area contributed by atoms with E-state index in [0.29, 0.717) is 56.3 Å². The number of aromatic nitrogens is 1. The van der Waals surface area contributed by atoms with Crippen molar-refractivity contribution >= 4 is 34.7 Å². The molecule has 1 aromatic heterocycles. The second kappa shape index (κ2) is 12.4. The average molecular weight is 606 g/mol. The Hall–Kier alpha value is -4.45. The molecule has 226 valence electrons. The number of nitro benzene ring substituents is 1. The Morgan fingerprint density at radius 1 is 1.14 bits per heavy atom. The number of benzene rings is 2. The number of likely N-dealkylation sites (N-methyl/N-ethyl adjacent to an activating group) is 1. The molecule has 11 nitrogen and oxygen atoms in total. The molecule has 43 heavy (non-hydrogen) atoms. The number of ether oxygens (including phenoxy) is 2. The number of nitro groups is 1. The summed E-state index contributed by atoms with van der Waals surface area (Å²) >= 11 is 1.19. The van der Waals surface area contributed by atoms with Crippen LogP contribution in [0.15, 0.2) is 57.5 Å². The maximum atomic E-state index is 14.3. The number of anilines is 1. The first kappa shape index (κ1) is 30.0. The molecule has 5 rings (SSSR count). The van der Waals surface area contributed by atoms with Crippen molar-refractivity contribution < 1.29 is 19.2 Å². The van der Waals surface area contributed by atoms with Gasteiger partial charge in [0.25, 0.3) is 17.2 Å². The number of methoxy groups -OCH3 is 2. The number of hydrogen-bond acceptors (Lipinski definition) is 9. The first-order valence-electron chi connectivity index (χ1n) is 14.3. The smallest absolute Gasteiger partial charge is 0.271 e. The van der Waals surface area contributed by atoms with E-state index in [1.165, 1.54) is 28.0 Å². The number of carbonyl (C=O) groups is 1. The van der Waals surface area contributed by atoms with E-state index in [1.54, 1.807) is 56.4 Å².